The zero-order valence-electron chi connectivity index (χ0n) is 14.0. The number of aromatic hydroxyl groups is 1. The number of hydrogen-bond acceptors (Lipinski definition) is 3. The highest BCUT2D eigenvalue weighted by atomic mass is 16.5. The van der Waals surface area contributed by atoms with Gasteiger partial charge in [0.2, 0.25) is 0 Å². The molecular formula is C22H20O3. The third-order valence-corrected chi connectivity index (χ3v) is 3.35. The van der Waals surface area contributed by atoms with Crippen LogP contribution >= 0.6 is 0 Å². The van der Waals surface area contributed by atoms with Crippen LogP contribution in [0.2, 0.25) is 0 Å². The Morgan fingerprint density at radius 3 is 2.24 bits per heavy atom. The van der Waals surface area contributed by atoms with Crippen molar-refractivity contribution < 1.29 is 14.6 Å². The van der Waals surface area contributed by atoms with Gasteiger partial charge in [0.15, 0.2) is 0 Å². The summed E-state index contributed by atoms with van der Waals surface area (Å²) in [7, 11) is 0. The number of benzene rings is 3. The lowest BCUT2D eigenvalue weighted by atomic mass is 10.0. The number of phenols is 1. The number of carbonyl (C=O) groups excluding carboxylic acids is 1. The fourth-order valence-corrected chi connectivity index (χ4v) is 2.26. The van der Waals surface area contributed by atoms with Crippen molar-refractivity contribution in [3.05, 3.63) is 90.5 Å². The lowest BCUT2D eigenvalue weighted by molar-refractivity contribution is -0.120. The third-order valence-electron chi connectivity index (χ3n) is 3.35. The average Bonchev–Trinajstić information content (AvgIpc) is 2.64. The molecule has 0 aliphatic carbocycles. The minimum atomic E-state index is 0.0827. The van der Waals surface area contributed by atoms with Crippen LogP contribution in [0.5, 0.6) is 11.5 Å². The van der Waals surface area contributed by atoms with E-state index < -0.39 is 0 Å². The van der Waals surface area contributed by atoms with E-state index in [2.05, 4.69) is 65.4 Å². The maximum Gasteiger partial charge on any atom is 0.298 e. The quantitative estimate of drug-likeness (QED) is 0.658. The SMILES string of the molecule is CC=Cc1cccc(-c2ccccc2)c1.O=COc1cccc(O)c1. The van der Waals surface area contributed by atoms with Crippen LogP contribution in [0, 0.1) is 0 Å². The van der Waals surface area contributed by atoms with Crippen LogP contribution in [0.25, 0.3) is 17.2 Å². The Balaban J connectivity index is 0.000000196. The average molecular weight is 332 g/mol. The van der Waals surface area contributed by atoms with E-state index >= 15 is 0 Å². The normalized spacial score (nSPS) is 9.96. The molecule has 0 atom stereocenters. The van der Waals surface area contributed by atoms with Gasteiger partial charge in [0.1, 0.15) is 11.5 Å². The van der Waals surface area contributed by atoms with Gasteiger partial charge in [0.05, 0.1) is 0 Å². The summed E-state index contributed by atoms with van der Waals surface area (Å²) in [6.45, 7) is 2.35. The van der Waals surface area contributed by atoms with Crippen molar-refractivity contribution in [2.75, 3.05) is 0 Å². The van der Waals surface area contributed by atoms with Gasteiger partial charge in [-0.15, -0.1) is 0 Å². The van der Waals surface area contributed by atoms with Gasteiger partial charge in [-0.1, -0.05) is 66.7 Å². The van der Waals surface area contributed by atoms with Crippen molar-refractivity contribution in [1.29, 1.82) is 0 Å². The van der Waals surface area contributed by atoms with Gasteiger partial charge < -0.3 is 9.84 Å². The maximum absolute atomic E-state index is 9.78. The lowest BCUT2D eigenvalue weighted by Crippen LogP contribution is -1.86. The monoisotopic (exact) mass is 332 g/mol. The molecule has 1 N–H and O–H groups in total. The molecule has 0 bridgehead atoms. The molecule has 3 heteroatoms. The Morgan fingerprint density at radius 1 is 0.840 bits per heavy atom. The first kappa shape index (κ1) is 18.0. The van der Waals surface area contributed by atoms with E-state index in [-0.39, 0.29) is 5.75 Å². The number of carbonyl (C=O) groups is 1. The zero-order valence-corrected chi connectivity index (χ0v) is 14.0. The van der Waals surface area contributed by atoms with Gasteiger partial charge in [-0.05, 0) is 41.8 Å². The van der Waals surface area contributed by atoms with E-state index in [1.165, 1.54) is 28.8 Å². The van der Waals surface area contributed by atoms with E-state index in [4.69, 9.17) is 5.11 Å². The van der Waals surface area contributed by atoms with Gasteiger partial charge in [0.25, 0.3) is 6.47 Å². The van der Waals surface area contributed by atoms with Crippen molar-refractivity contribution in [1.82, 2.24) is 0 Å². The Labute approximate surface area is 147 Å². The Hall–Kier alpha value is -3.33. The van der Waals surface area contributed by atoms with Crippen LogP contribution in [0.3, 0.4) is 0 Å². The number of phenolic OH excluding ortho intramolecular Hbond substituents is 1. The molecule has 0 aliphatic rings. The van der Waals surface area contributed by atoms with Crippen molar-refractivity contribution in [3.8, 4) is 22.6 Å². The van der Waals surface area contributed by atoms with Crippen LogP contribution in [0.1, 0.15) is 12.5 Å². The summed E-state index contributed by atoms with van der Waals surface area (Å²) in [6, 6.07) is 25.0. The van der Waals surface area contributed by atoms with Gasteiger partial charge in [-0.25, -0.2) is 0 Å². The summed E-state index contributed by atoms with van der Waals surface area (Å²) in [4.78, 5) is 9.78. The smallest absolute Gasteiger partial charge is 0.298 e. The summed E-state index contributed by atoms with van der Waals surface area (Å²) in [5.41, 5.74) is 3.79. The van der Waals surface area contributed by atoms with Crippen molar-refractivity contribution in [2.45, 2.75) is 6.92 Å². The van der Waals surface area contributed by atoms with E-state index in [1.807, 2.05) is 13.0 Å². The molecule has 0 aliphatic heterocycles. The van der Waals surface area contributed by atoms with Crippen LogP contribution in [0.4, 0.5) is 0 Å². The minimum Gasteiger partial charge on any atom is -0.508 e. The van der Waals surface area contributed by atoms with Crippen molar-refractivity contribution in [2.24, 2.45) is 0 Å². The molecule has 0 saturated heterocycles. The molecule has 3 aromatic rings. The highest BCUT2D eigenvalue weighted by Gasteiger charge is 1.96. The van der Waals surface area contributed by atoms with E-state index in [0.29, 0.717) is 12.2 Å². The van der Waals surface area contributed by atoms with Crippen LogP contribution in [-0.2, 0) is 4.79 Å². The van der Waals surface area contributed by atoms with Crippen LogP contribution in [-0.4, -0.2) is 11.6 Å². The Morgan fingerprint density at radius 2 is 1.56 bits per heavy atom. The summed E-state index contributed by atoms with van der Waals surface area (Å²) >= 11 is 0. The van der Waals surface area contributed by atoms with Gasteiger partial charge in [-0.2, -0.15) is 0 Å². The molecule has 3 nitrogen and oxygen atoms in total. The molecule has 0 heterocycles. The first-order valence-corrected chi connectivity index (χ1v) is 7.90. The molecule has 0 aromatic heterocycles. The summed E-state index contributed by atoms with van der Waals surface area (Å²) < 4.78 is 4.45. The highest BCUT2D eigenvalue weighted by Crippen LogP contribution is 2.20. The third kappa shape index (κ3) is 5.99. The summed E-state index contributed by atoms with van der Waals surface area (Å²) in [5, 5.41) is 8.84. The van der Waals surface area contributed by atoms with E-state index in [0.717, 1.165) is 0 Å². The summed E-state index contributed by atoms with van der Waals surface area (Å²) in [5.74, 6) is 0.425. The van der Waals surface area contributed by atoms with Crippen molar-refractivity contribution >= 4 is 12.5 Å². The highest BCUT2D eigenvalue weighted by molar-refractivity contribution is 5.67. The molecular weight excluding hydrogens is 312 g/mol. The first-order chi connectivity index (χ1) is 12.2. The fraction of sp³-hybridized carbons (Fsp3) is 0.0455. The number of rotatable bonds is 4. The van der Waals surface area contributed by atoms with Gasteiger partial charge in [0, 0.05) is 6.07 Å². The second-order valence-corrected chi connectivity index (χ2v) is 5.20. The number of allylic oxidation sites excluding steroid dienone is 1. The number of hydrogen-bond donors (Lipinski definition) is 1. The molecule has 126 valence electrons. The maximum atomic E-state index is 9.78. The predicted octanol–water partition coefficient (Wildman–Crippen LogP) is 5.31. The predicted molar refractivity (Wildman–Crippen MR) is 101 cm³/mol. The molecule has 0 unspecified atom stereocenters. The van der Waals surface area contributed by atoms with Gasteiger partial charge in [-0.3, -0.25) is 4.79 Å². The van der Waals surface area contributed by atoms with E-state index in [1.54, 1.807) is 12.1 Å². The molecule has 0 radical (unpaired) electrons. The molecule has 3 aromatic carbocycles. The van der Waals surface area contributed by atoms with E-state index in [9.17, 15) is 4.79 Å². The molecule has 0 spiro atoms. The molecule has 0 amide bonds. The second kappa shape index (κ2) is 9.73. The number of ether oxygens (including phenoxy) is 1. The van der Waals surface area contributed by atoms with Gasteiger partial charge >= 0.3 is 0 Å². The topological polar surface area (TPSA) is 46.5 Å². The van der Waals surface area contributed by atoms with Crippen LogP contribution in [0.15, 0.2) is 84.9 Å². The zero-order chi connectivity index (χ0) is 17.9. The second-order valence-electron chi connectivity index (χ2n) is 5.20. The Bertz CT molecular complexity index is 823. The molecule has 0 fully saturated rings. The van der Waals surface area contributed by atoms with Crippen LogP contribution < -0.4 is 4.74 Å². The standard InChI is InChI=1S/C15H14.C7H6O3/c1-2-7-13-8-6-11-15(12-13)14-9-4-3-5-10-14;8-5-10-7-3-1-2-6(9)4-7/h2-12H,1H3;1-5,9H. The Kier molecular flexibility index (Phi) is 7.01. The molecule has 25 heavy (non-hydrogen) atoms. The minimum absolute atomic E-state index is 0.0827. The molecule has 0 saturated carbocycles. The molecule has 3 rings (SSSR count). The fourth-order valence-electron chi connectivity index (χ4n) is 2.26. The lowest BCUT2D eigenvalue weighted by Gasteiger charge is -2.02. The largest absolute Gasteiger partial charge is 0.508 e. The van der Waals surface area contributed by atoms with Crippen molar-refractivity contribution in [3.63, 3.8) is 0 Å². The first-order valence-electron chi connectivity index (χ1n) is 7.90. The summed E-state index contributed by atoms with van der Waals surface area (Å²) in [6.07, 6.45) is 4.18.